The van der Waals surface area contributed by atoms with Gasteiger partial charge in [-0.1, -0.05) is 48.5 Å². The third-order valence-corrected chi connectivity index (χ3v) is 5.91. The van der Waals surface area contributed by atoms with Gasteiger partial charge in [0.1, 0.15) is 12.4 Å². The first-order valence-corrected chi connectivity index (χ1v) is 11.4. The second-order valence-electron chi connectivity index (χ2n) is 8.43. The van der Waals surface area contributed by atoms with Crippen LogP contribution in [0.5, 0.6) is 5.75 Å². The van der Waals surface area contributed by atoms with Crippen LogP contribution < -0.4 is 10.1 Å². The number of benzene rings is 2. The van der Waals surface area contributed by atoms with E-state index in [1.54, 1.807) is 6.20 Å². The fourth-order valence-corrected chi connectivity index (χ4v) is 4.26. The fourth-order valence-electron chi connectivity index (χ4n) is 4.26. The van der Waals surface area contributed by atoms with Gasteiger partial charge in [0.2, 0.25) is 0 Å². The van der Waals surface area contributed by atoms with Gasteiger partial charge in [-0.25, -0.2) is 0 Å². The van der Waals surface area contributed by atoms with Gasteiger partial charge in [0.05, 0.1) is 18.9 Å². The maximum atomic E-state index is 6.10. The maximum absolute atomic E-state index is 6.10. The minimum atomic E-state index is 0.273. The number of rotatable bonds is 9. The largest absolute Gasteiger partial charge is 0.487 e. The number of nitrogens with one attached hydrogen (secondary N) is 1. The Kier molecular flexibility index (Phi) is 7.88. The summed E-state index contributed by atoms with van der Waals surface area (Å²) < 4.78 is 11.6. The molecule has 2 aromatic carbocycles. The van der Waals surface area contributed by atoms with Crippen molar-refractivity contribution in [3.8, 4) is 5.75 Å². The van der Waals surface area contributed by atoms with Gasteiger partial charge in [0.15, 0.2) is 0 Å². The smallest absolute Gasteiger partial charge is 0.130 e. The van der Waals surface area contributed by atoms with Crippen molar-refractivity contribution in [2.24, 2.45) is 0 Å². The Bertz CT molecular complexity index is 950. The van der Waals surface area contributed by atoms with Gasteiger partial charge in [-0.15, -0.1) is 0 Å². The summed E-state index contributed by atoms with van der Waals surface area (Å²) in [6.07, 6.45) is 1.80. The average molecular weight is 432 g/mol. The van der Waals surface area contributed by atoms with Crippen molar-refractivity contribution in [3.63, 3.8) is 0 Å². The minimum absolute atomic E-state index is 0.273. The molecule has 1 aliphatic rings. The van der Waals surface area contributed by atoms with Gasteiger partial charge in [-0.2, -0.15) is 0 Å². The topological polar surface area (TPSA) is 46.6 Å². The van der Waals surface area contributed by atoms with Crippen molar-refractivity contribution in [1.82, 2.24) is 15.2 Å². The van der Waals surface area contributed by atoms with Crippen molar-refractivity contribution < 1.29 is 9.47 Å². The third kappa shape index (κ3) is 6.16. The van der Waals surface area contributed by atoms with Gasteiger partial charge >= 0.3 is 0 Å². The fraction of sp³-hybridized carbons (Fsp3) is 0.370. The molecule has 1 N–H and O–H groups in total. The molecule has 0 spiro atoms. The van der Waals surface area contributed by atoms with E-state index >= 15 is 0 Å². The number of ether oxygens (including phenoxy) is 2. The Morgan fingerprint density at radius 2 is 1.72 bits per heavy atom. The second kappa shape index (κ2) is 11.2. The Balaban J connectivity index is 1.42. The van der Waals surface area contributed by atoms with Gasteiger partial charge in [-0.3, -0.25) is 9.88 Å². The molecule has 0 radical (unpaired) electrons. The number of morpholine rings is 1. The van der Waals surface area contributed by atoms with Crippen LogP contribution >= 0.6 is 0 Å². The molecule has 0 saturated carbocycles. The predicted molar refractivity (Wildman–Crippen MR) is 128 cm³/mol. The molecule has 1 aliphatic heterocycles. The highest BCUT2D eigenvalue weighted by Crippen LogP contribution is 2.26. The molecule has 0 amide bonds. The van der Waals surface area contributed by atoms with E-state index in [2.05, 4.69) is 71.5 Å². The van der Waals surface area contributed by atoms with Crippen LogP contribution in [0.1, 0.15) is 34.0 Å². The molecular weight excluding hydrogens is 398 g/mol. The van der Waals surface area contributed by atoms with Crippen LogP contribution in [-0.4, -0.2) is 42.7 Å². The summed E-state index contributed by atoms with van der Waals surface area (Å²) in [5.74, 6) is 0.951. The lowest BCUT2D eigenvalue weighted by atomic mass is 10.0. The van der Waals surface area contributed by atoms with Crippen molar-refractivity contribution >= 4 is 0 Å². The van der Waals surface area contributed by atoms with E-state index in [4.69, 9.17) is 9.47 Å². The van der Waals surface area contributed by atoms with Crippen LogP contribution in [0.15, 0.2) is 66.9 Å². The highest BCUT2D eigenvalue weighted by atomic mass is 16.5. The van der Waals surface area contributed by atoms with E-state index in [1.807, 2.05) is 18.2 Å². The number of pyridine rings is 1. The first-order chi connectivity index (χ1) is 15.7. The molecule has 1 saturated heterocycles. The van der Waals surface area contributed by atoms with E-state index in [-0.39, 0.29) is 6.04 Å². The van der Waals surface area contributed by atoms with Gasteiger partial charge in [0.25, 0.3) is 0 Å². The number of hydrogen-bond acceptors (Lipinski definition) is 5. The van der Waals surface area contributed by atoms with Crippen LogP contribution in [0.2, 0.25) is 0 Å². The zero-order chi connectivity index (χ0) is 22.2. The normalized spacial score (nSPS) is 15.4. The lowest BCUT2D eigenvalue weighted by Crippen LogP contribution is -2.41. The van der Waals surface area contributed by atoms with Crippen molar-refractivity contribution in [2.75, 3.05) is 32.8 Å². The van der Waals surface area contributed by atoms with Crippen molar-refractivity contribution in [3.05, 3.63) is 94.8 Å². The zero-order valence-corrected chi connectivity index (χ0v) is 19.1. The standard InChI is InChI=1S/C27H33N3O2/c1-21-16-23(17-22(2)27(21)32-20-25-10-6-7-11-28-25)18-29-26(24-8-4-3-5-9-24)19-30-12-14-31-15-13-30/h3-11,16-17,26,29H,12-15,18-20H2,1-2H3. The molecule has 32 heavy (non-hydrogen) atoms. The molecule has 5 nitrogen and oxygen atoms in total. The van der Waals surface area contributed by atoms with Crippen molar-refractivity contribution in [2.45, 2.75) is 33.0 Å². The van der Waals surface area contributed by atoms with E-state index < -0.39 is 0 Å². The first kappa shape index (κ1) is 22.5. The number of nitrogens with zero attached hydrogens (tertiary/aromatic N) is 2. The van der Waals surface area contributed by atoms with Crippen LogP contribution in [0.3, 0.4) is 0 Å². The average Bonchev–Trinajstić information content (AvgIpc) is 2.83. The molecule has 0 bridgehead atoms. The lowest BCUT2D eigenvalue weighted by Gasteiger charge is -2.31. The third-order valence-electron chi connectivity index (χ3n) is 5.91. The van der Waals surface area contributed by atoms with Gasteiger partial charge in [-0.05, 0) is 48.2 Å². The van der Waals surface area contributed by atoms with Crippen LogP contribution in [0.4, 0.5) is 0 Å². The van der Waals surface area contributed by atoms with E-state index in [1.165, 1.54) is 11.1 Å². The Morgan fingerprint density at radius 1 is 1.00 bits per heavy atom. The summed E-state index contributed by atoms with van der Waals surface area (Å²) in [5.41, 5.74) is 5.84. The first-order valence-electron chi connectivity index (χ1n) is 11.4. The lowest BCUT2D eigenvalue weighted by molar-refractivity contribution is 0.0333. The second-order valence-corrected chi connectivity index (χ2v) is 8.43. The number of hydrogen-bond donors (Lipinski definition) is 1. The summed E-state index contributed by atoms with van der Waals surface area (Å²) in [6.45, 7) is 10.1. The summed E-state index contributed by atoms with van der Waals surface area (Å²) in [7, 11) is 0. The zero-order valence-electron chi connectivity index (χ0n) is 19.1. The SMILES string of the molecule is Cc1cc(CNC(CN2CCOCC2)c2ccccc2)cc(C)c1OCc1ccccn1. The predicted octanol–water partition coefficient (Wildman–Crippen LogP) is 4.44. The Hall–Kier alpha value is -2.73. The molecule has 4 rings (SSSR count). The molecule has 1 aromatic heterocycles. The van der Waals surface area contributed by atoms with Crippen LogP contribution in [0.25, 0.3) is 0 Å². The molecule has 3 aromatic rings. The number of aryl methyl sites for hydroxylation is 2. The Labute approximate surface area is 191 Å². The summed E-state index contributed by atoms with van der Waals surface area (Å²) in [5, 5.41) is 3.80. The molecule has 2 heterocycles. The van der Waals surface area contributed by atoms with Gasteiger partial charge in [0, 0.05) is 38.4 Å². The summed E-state index contributed by atoms with van der Waals surface area (Å²) >= 11 is 0. The summed E-state index contributed by atoms with van der Waals surface area (Å²) in [4.78, 5) is 6.83. The molecule has 5 heteroatoms. The Morgan fingerprint density at radius 3 is 2.41 bits per heavy atom. The van der Waals surface area contributed by atoms with Crippen LogP contribution in [0, 0.1) is 13.8 Å². The highest BCUT2D eigenvalue weighted by Gasteiger charge is 2.18. The molecule has 1 unspecified atom stereocenters. The van der Waals surface area contributed by atoms with Crippen LogP contribution in [-0.2, 0) is 17.9 Å². The molecule has 0 aliphatic carbocycles. The number of aromatic nitrogens is 1. The molecular formula is C27H33N3O2. The van der Waals surface area contributed by atoms with E-state index in [0.717, 1.165) is 62.0 Å². The summed E-state index contributed by atoms with van der Waals surface area (Å²) in [6, 6.07) is 21.4. The van der Waals surface area contributed by atoms with E-state index in [9.17, 15) is 0 Å². The van der Waals surface area contributed by atoms with Crippen molar-refractivity contribution in [1.29, 1.82) is 0 Å². The molecule has 1 fully saturated rings. The maximum Gasteiger partial charge on any atom is 0.130 e. The van der Waals surface area contributed by atoms with Gasteiger partial charge < -0.3 is 14.8 Å². The molecule has 1 atom stereocenters. The quantitative estimate of drug-likeness (QED) is 0.543. The highest BCUT2D eigenvalue weighted by molar-refractivity contribution is 5.43. The monoisotopic (exact) mass is 431 g/mol. The molecule has 168 valence electrons. The minimum Gasteiger partial charge on any atom is -0.487 e. The van der Waals surface area contributed by atoms with E-state index in [0.29, 0.717) is 6.61 Å².